The summed E-state index contributed by atoms with van der Waals surface area (Å²) in [5.41, 5.74) is 0.975. The topological polar surface area (TPSA) is 6.48 Å². The highest BCUT2D eigenvalue weighted by molar-refractivity contribution is 7.90. The molecule has 0 bridgehead atoms. The van der Waals surface area contributed by atoms with Gasteiger partial charge in [-0.25, -0.2) is 0 Å². The van der Waals surface area contributed by atoms with Gasteiger partial charge in [-0.15, -0.1) is 0 Å². The van der Waals surface area contributed by atoms with Gasteiger partial charge in [0.25, 0.3) is 0 Å². The normalized spacial score (nSPS) is 15.9. The average molecular weight is 280 g/mol. The second-order valence-corrected chi connectivity index (χ2v) is 4.85. The van der Waals surface area contributed by atoms with E-state index in [9.17, 15) is 0 Å². The van der Waals surface area contributed by atoms with E-state index in [0.29, 0.717) is 15.1 Å². The molecular weight excluding hydrogens is 268 g/mol. The Kier molecular flexibility index (Phi) is 3.81. The fourth-order valence-electron chi connectivity index (χ4n) is 1.73. The van der Waals surface area contributed by atoms with Crippen LogP contribution in [0, 0.1) is 0 Å². The zero-order valence-corrected chi connectivity index (χ0v) is 11.9. The van der Waals surface area contributed by atoms with Crippen LogP contribution in [0.15, 0.2) is 30.3 Å². The number of para-hydroxylation sites is 1. The lowest BCUT2D eigenvalue weighted by Gasteiger charge is -2.19. The van der Waals surface area contributed by atoms with Gasteiger partial charge < -0.3 is 4.90 Å². The first-order chi connectivity index (χ1) is 8.16. The van der Waals surface area contributed by atoms with E-state index < -0.39 is 0 Å². The van der Waals surface area contributed by atoms with Gasteiger partial charge in [0.05, 0.1) is 0 Å². The molecule has 88 valence electrons. The highest BCUT2D eigenvalue weighted by Crippen LogP contribution is 2.23. The van der Waals surface area contributed by atoms with Gasteiger partial charge in [-0.05, 0) is 30.8 Å². The molecule has 1 aliphatic heterocycles. The first kappa shape index (κ1) is 12.5. The number of benzene rings is 1. The predicted molar refractivity (Wildman–Crippen MR) is 83.7 cm³/mol. The highest BCUT2D eigenvalue weighted by Gasteiger charge is 2.35. The Morgan fingerprint density at radius 3 is 2.24 bits per heavy atom. The van der Waals surface area contributed by atoms with Crippen LogP contribution in [-0.2, 0) is 0 Å². The maximum atomic E-state index is 5.44. The van der Waals surface area contributed by atoms with Crippen molar-refractivity contribution in [3.05, 3.63) is 30.3 Å². The lowest BCUT2D eigenvalue weighted by atomic mass is 10.3. The summed E-state index contributed by atoms with van der Waals surface area (Å²) in [5.74, 6) is 0. The Morgan fingerprint density at radius 2 is 1.65 bits per heavy atom. The van der Waals surface area contributed by atoms with Crippen LogP contribution in [0.2, 0.25) is 0 Å². The quantitative estimate of drug-likeness (QED) is 0.782. The average Bonchev–Trinajstić information content (AvgIpc) is 2.55. The van der Waals surface area contributed by atoms with Crippen molar-refractivity contribution >= 4 is 57.4 Å². The van der Waals surface area contributed by atoms with Crippen LogP contribution in [-0.4, -0.2) is 26.5 Å². The molecule has 0 N–H and O–H groups in total. The molecule has 0 atom stereocenters. The van der Waals surface area contributed by atoms with E-state index >= 15 is 0 Å². The van der Waals surface area contributed by atoms with E-state index in [-0.39, 0.29) is 0 Å². The molecule has 1 aromatic carbocycles. The third-order valence-corrected chi connectivity index (χ3v) is 3.84. The van der Waals surface area contributed by atoms with E-state index in [4.69, 9.17) is 36.7 Å². The third-order valence-electron chi connectivity index (χ3n) is 2.51. The molecule has 0 saturated carbocycles. The third kappa shape index (κ3) is 2.22. The first-order valence-corrected chi connectivity index (χ1v) is 6.64. The van der Waals surface area contributed by atoms with Gasteiger partial charge in [-0.3, -0.25) is 4.90 Å². The number of anilines is 1. The second-order valence-electron chi connectivity index (χ2n) is 3.72. The molecule has 1 aliphatic rings. The lowest BCUT2D eigenvalue weighted by molar-refractivity contribution is 0.622. The van der Waals surface area contributed by atoms with Crippen LogP contribution in [0.1, 0.15) is 13.3 Å². The number of rotatable bonds is 3. The van der Waals surface area contributed by atoms with E-state index in [0.717, 1.165) is 18.7 Å². The van der Waals surface area contributed by atoms with Crippen molar-refractivity contribution in [1.82, 2.24) is 4.90 Å². The van der Waals surface area contributed by atoms with Crippen molar-refractivity contribution in [3.63, 3.8) is 0 Å². The standard InChI is InChI=1S/C12H12N2S3/c1-2-8-13-10(15)11(16)14(12(13)17)9-6-4-3-5-7-9/h3-7H,2,8H2,1H3. The van der Waals surface area contributed by atoms with Gasteiger partial charge >= 0.3 is 0 Å². The van der Waals surface area contributed by atoms with Crippen LogP contribution in [0.25, 0.3) is 0 Å². The monoisotopic (exact) mass is 280 g/mol. The van der Waals surface area contributed by atoms with E-state index in [1.54, 1.807) is 0 Å². The number of hydrogen-bond donors (Lipinski definition) is 0. The fraction of sp³-hybridized carbons (Fsp3) is 0.250. The molecule has 0 unspecified atom stereocenters. The zero-order valence-electron chi connectivity index (χ0n) is 9.42. The Balaban J connectivity index is 2.34. The Bertz CT molecular complexity index is 470. The molecule has 0 amide bonds. The van der Waals surface area contributed by atoms with Crippen molar-refractivity contribution in [2.75, 3.05) is 11.4 Å². The molecule has 5 heteroatoms. The molecule has 1 fully saturated rings. The summed E-state index contributed by atoms with van der Waals surface area (Å²) >= 11 is 16.1. The van der Waals surface area contributed by atoms with Gasteiger partial charge in [0.1, 0.15) is 9.98 Å². The Morgan fingerprint density at radius 1 is 1.00 bits per heavy atom. The van der Waals surface area contributed by atoms with Crippen LogP contribution in [0.5, 0.6) is 0 Å². The first-order valence-electron chi connectivity index (χ1n) is 5.41. The van der Waals surface area contributed by atoms with Crippen molar-refractivity contribution in [2.45, 2.75) is 13.3 Å². The van der Waals surface area contributed by atoms with E-state index in [2.05, 4.69) is 6.92 Å². The van der Waals surface area contributed by atoms with Crippen molar-refractivity contribution in [1.29, 1.82) is 0 Å². The van der Waals surface area contributed by atoms with Gasteiger partial charge in [-0.2, -0.15) is 0 Å². The molecule has 2 nitrogen and oxygen atoms in total. The molecule has 0 spiro atoms. The smallest absolute Gasteiger partial charge is 0.186 e. The molecule has 0 aromatic heterocycles. The number of thiocarbonyl (C=S) groups is 3. The maximum absolute atomic E-state index is 5.44. The number of nitrogens with zero attached hydrogens (tertiary/aromatic N) is 2. The molecule has 1 heterocycles. The van der Waals surface area contributed by atoms with Gasteiger partial charge in [0.2, 0.25) is 0 Å². The molecule has 17 heavy (non-hydrogen) atoms. The zero-order chi connectivity index (χ0) is 12.4. The molecule has 1 aromatic rings. The Labute approximate surface area is 117 Å². The highest BCUT2D eigenvalue weighted by atomic mass is 32.1. The van der Waals surface area contributed by atoms with Crippen molar-refractivity contribution in [3.8, 4) is 0 Å². The summed E-state index contributed by atoms with van der Waals surface area (Å²) in [6, 6.07) is 9.86. The second kappa shape index (κ2) is 5.16. The predicted octanol–water partition coefficient (Wildman–Crippen LogP) is 3.16. The minimum Gasteiger partial charge on any atom is -0.307 e. The fourth-order valence-corrected chi connectivity index (χ4v) is 2.80. The summed E-state index contributed by atoms with van der Waals surface area (Å²) in [4.78, 5) is 5.09. The Hall–Kier alpha value is -0.910. The molecule has 0 aliphatic carbocycles. The summed E-state index contributed by atoms with van der Waals surface area (Å²) < 4.78 is 0. The van der Waals surface area contributed by atoms with Crippen LogP contribution < -0.4 is 4.90 Å². The molecule has 0 radical (unpaired) electrons. The minimum atomic E-state index is 0.629. The van der Waals surface area contributed by atoms with Crippen LogP contribution >= 0.6 is 36.7 Å². The SMILES string of the molecule is CCCN1C(=S)C(=S)N(c2ccccc2)C1=S. The van der Waals surface area contributed by atoms with Crippen LogP contribution in [0.3, 0.4) is 0 Å². The number of hydrogen-bond acceptors (Lipinski definition) is 3. The summed E-state index contributed by atoms with van der Waals surface area (Å²) in [7, 11) is 0. The molecule has 1 saturated heterocycles. The molecular formula is C12H12N2S3. The maximum Gasteiger partial charge on any atom is 0.186 e. The summed E-state index contributed by atoms with van der Waals surface area (Å²) in [6.45, 7) is 2.92. The van der Waals surface area contributed by atoms with Gasteiger partial charge in [-0.1, -0.05) is 49.6 Å². The van der Waals surface area contributed by atoms with E-state index in [1.807, 2.05) is 40.1 Å². The molecule has 2 rings (SSSR count). The minimum absolute atomic E-state index is 0.629. The van der Waals surface area contributed by atoms with Gasteiger partial charge in [0.15, 0.2) is 5.11 Å². The largest absolute Gasteiger partial charge is 0.307 e. The van der Waals surface area contributed by atoms with E-state index in [1.165, 1.54) is 0 Å². The van der Waals surface area contributed by atoms with Crippen LogP contribution in [0.4, 0.5) is 5.69 Å². The van der Waals surface area contributed by atoms with Crippen molar-refractivity contribution in [2.24, 2.45) is 0 Å². The lowest BCUT2D eigenvalue weighted by Crippen LogP contribution is -2.33. The van der Waals surface area contributed by atoms with Crippen molar-refractivity contribution < 1.29 is 0 Å². The summed E-state index contributed by atoms with van der Waals surface area (Å²) in [6.07, 6.45) is 0.992. The summed E-state index contributed by atoms with van der Waals surface area (Å²) in [5, 5.41) is 0.688. The van der Waals surface area contributed by atoms with Gasteiger partial charge in [0, 0.05) is 12.2 Å².